The van der Waals surface area contributed by atoms with Crippen molar-refractivity contribution in [2.24, 2.45) is 5.92 Å². The fourth-order valence-corrected chi connectivity index (χ4v) is 1.10. The van der Waals surface area contributed by atoms with Crippen molar-refractivity contribution >= 4 is 11.9 Å². The molecule has 1 unspecified atom stereocenters. The van der Waals surface area contributed by atoms with E-state index >= 15 is 0 Å². The van der Waals surface area contributed by atoms with Gasteiger partial charge in [0, 0.05) is 24.7 Å². The van der Waals surface area contributed by atoms with E-state index in [0.29, 0.717) is 13.0 Å². The lowest BCUT2D eigenvalue weighted by molar-refractivity contribution is -0.142. The first-order valence-electron chi connectivity index (χ1n) is 6.45. The number of ether oxygens (including phenoxy) is 3. The molecule has 0 aliphatic rings. The summed E-state index contributed by atoms with van der Waals surface area (Å²) >= 11 is 0. The lowest BCUT2D eigenvalue weighted by atomic mass is 10.1. The van der Waals surface area contributed by atoms with Crippen molar-refractivity contribution in [2.75, 3.05) is 33.0 Å². The third-order valence-corrected chi connectivity index (χ3v) is 2.36. The number of carbonyl (C=O) groups is 2. The van der Waals surface area contributed by atoms with Crippen LogP contribution >= 0.6 is 0 Å². The van der Waals surface area contributed by atoms with Crippen LogP contribution < -0.4 is 0 Å². The minimum Gasteiger partial charge on any atom is -0.462 e. The summed E-state index contributed by atoms with van der Waals surface area (Å²) in [6.45, 7) is 6.21. The minimum atomic E-state index is -0.642. The average molecular weight is 286 g/mol. The van der Waals surface area contributed by atoms with Gasteiger partial charge in [-0.3, -0.25) is 0 Å². The molecule has 0 aliphatic heterocycles. The van der Waals surface area contributed by atoms with Crippen molar-refractivity contribution in [2.45, 2.75) is 13.3 Å². The Morgan fingerprint density at radius 2 is 1.85 bits per heavy atom. The van der Waals surface area contributed by atoms with E-state index in [9.17, 15) is 9.59 Å². The SMILES string of the molecule is C=CCOCCOC(=O)/C=C/C(=O)OCC(CC)CO. The van der Waals surface area contributed by atoms with E-state index in [0.717, 1.165) is 12.2 Å². The molecule has 0 amide bonds. The van der Waals surface area contributed by atoms with Crippen LogP contribution in [-0.2, 0) is 23.8 Å². The van der Waals surface area contributed by atoms with E-state index in [-0.39, 0.29) is 32.3 Å². The van der Waals surface area contributed by atoms with Crippen LogP contribution in [-0.4, -0.2) is 50.1 Å². The maximum Gasteiger partial charge on any atom is 0.331 e. The molecular formula is C14H22O6. The van der Waals surface area contributed by atoms with Crippen LogP contribution in [0.3, 0.4) is 0 Å². The Balaban J connectivity index is 3.77. The quantitative estimate of drug-likeness (QED) is 0.262. The summed E-state index contributed by atoms with van der Waals surface area (Å²) in [5.41, 5.74) is 0. The molecule has 0 aliphatic carbocycles. The zero-order chi connectivity index (χ0) is 15.2. The minimum absolute atomic E-state index is 0.0414. The summed E-state index contributed by atoms with van der Waals surface area (Å²) in [4.78, 5) is 22.5. The van der Waals surface area contributed by atoms with Gasteiger partial charge in [-0.2, -0.15) is 0 Å². The molecule has 0 bridgehead atoms. The Kier molecular flexibility index (Phi) is 11.4. The second-order valence-corrected chi connectivity index (χ2v) is 3.95. The molecule has 20 heavy (non-hydrogen) atoms. The van der Waals surface area contributed by atoms with E-state index in [2.05, 4.69) is 6.58 Å². The Labute approximate surface area is 119 Å². The van der Waals surface area contributed by atoms with Gasteiger partial charge in [0.15, 0.2) is 0 Å². The largest absolute Gasteiger partial charge is 0.462 e. The van der Waals surface area contributed by atoms with E-state index < -0.39 is 11.9 Å². The van der Waals surface area contributed by atoms with Gasteiger partial charge >= 0.3 is 11.9 Å². The highest BCUT2D eigenvalue weighted by Gasteiger charge is 2.07. The van der Waals surface area contributed by atoms with Crippen LogP contribution in [0, 0.1) is 5.92 Å². The number of aliphatic hydroxyl groups is 1. The zero-order valence-corrected chi connectivity index (χ0v) is 11.7. The number of hydrogen-bond donors (Lipinski definition) is 1. The zero-order valence-electron chi connectivity index (χ0n) is 11.7. The summed E-state index contributed by atoms with van der Waals surface area (Å²) < 4.78 is 14.7. The molecule has 0 saturated carbocycles. The molecule has 0 rings (SSSR count). The molecule has 0 aromatic carbocycles. The lowest BCUT2D eigenvalue weighted by Gasteiger charge is -2.10. The third kappa shape index (κ3) is 10.3. The third-order valence-electron chi connectivity index (χ3n) is 2.36. The van der Waals surface area contributed by atoms with E-state index in [4.69, 9.17) is 19.3 Å². The van der Waals surface area contributed by atoms with Crippen LogP contribution in [0.5, 0.6) is 0 Å². The molecule has 0 fully saturated rings. The number of aliphatic hydroxyl groups excluding tert-OH is 1. The molecule has 1 N–H and O–H groups in total. The van der Waals surface area contributed by atoms with E-state index in [1.807, 2.05) is 6.92 Å². The van der Waals surface area contributed by atoms with Crippen molar-refractivity contribution < 1.29 is 28.9 Å². The Morgan fingerprint density at radius 3 is 2.40 bits per heavy atom. The van der Waals surface area contributed by atoms with Gasteiger partial charge in [-0.15, -0.1) is 6.58 Å². The molecule has 114 valence electrons. The summed E-state index contributed by atoms with van der Waals surface area (Å²) in [5, 5.41) is 8.91. The molecule has 0 radical (unpaired) electrons. The lowest BCUT2D eigenvalue weighted by Crippen LogP contribution is -2.15. The van der Waals surface area contributed by atoms with Gasteiger partial charge < -0.3 is 19.3 Å². The Hall–Kier alpha value is -1.66. The molecule has 0 aromatic rings. The maximum absolute atomic E-state index is 11.3. The highest BCUT2D eigenvalue weighted by Crippen LogP contribution is 2.01. The van der Waals surface area contributed by atoms with Gasteiger partial charge in [0.1, 0.15) is 6.61 Å². The van der Waals surface area contributed by atoms with Gasteiger partial charge in [-0.25, -0.2) is 9.59 Å². The Bertz CT molecular complexity index is 320. The summed E-state index contributed by atoms with van der Waals surface area (Å²) in [6, 6.07) is 0. The van der Waals surface area contributed by atoms with E-state index in [1.165, 1.54) is 0 Å². The average Bonchev–Trinajstić information content (AvgIpc) is 2.46. The molecule has 1 atom stereocenters. The molecule has 6 heteroatoms. The first-order valence-corrected chi connectivity index (χ1v) is 6.45. The topological polar surface area (TPSA) is 82.1 Å². The molecule has 0 spiro atoms. The van der Waals surface area contributed by atoms with Crippen LogP contribution in [0.2, 0.25) is 0 Å². The monoisotopic (exact) mass is 286 g/mol. The molecule has 0 saturated heterocycles. The van der Waals surface area contributed by atoms with Gasteiger partial charge in [0.25, 0.3) is 0 Å². The van der Waals surface area contributed by atoms with Gasteiger partial charge in [-0.1, -0.05) is 13.0 Å². The van der Waals surface area contributed by atoms with Gasteiger partial charge in [0.2, 0.25) is 0 Å². The van der Waals surface area contributed by atoms with E-state index in [1.54, 1.807) is 6.08 Å². The molecular weight excluding hydrogens is 264 g/mol. The smallest absolute Gasteiger partial charge is 0.331 e. The summed E-state index contributed by atoms with van der Waals surface area (Å²) in [6.07, 6.45) is 4.29. The van der Waals surface area contributed by atoms with Crippen LogP contribution in [0.1, 0.15) is 13.3 Å². The van der Waals surface area contributed by atoms with Crippen LogP contribution in [0.25, 0.3) is 0 Å². The Morgan fingerprint density at radius 1 is 1.20 bits per heavy atom. The van der Waals surface area contributed by atoms with Crippen molar-refractivity contribution in [1.29, 1.82) is 0 Å². The van der Waals surface area contributed by atoms with Crippen molar-refractivity contribution in [3.63, 3.8) is 0 Å². The number of carbonyl (C=O) groups excluding carboxylic acids is 2. The van der Waals surface area contributed by atoms with Gasteiger partial charge in [-0.05, 0) is 6.42 Å². The standard InChI is InChI=1S/C14H22O6/c1-3-7-18-8-9-19-13(16)5-6-14(17)20-11-12(4-2)10-15/h3,5-6,12,15H,1,4,7-11H2,2H3/b6-5+. The summed E-state index contributed by atoms with van der Waals surface area (Å²) in [5.74, 6) is -1.36. The maximum atomic E-state index is 11.3. The predicted molar refractivity (Wildman–Crippen MR) is 72.9 cm³/mol. The summed E-state index contributed by atoms with van der Waals surface area (Å²) in [7, 11) is 0. The highest BCUT2D eigenvalue weighted by molar-refractivity contribution is 5.91. The molecule has 0 aromatic heterocycles. The fraction of sp³-hybridized carbons (Fsp3) is 0.571. The highest BCUT2D eigenvalue weighted by atomic mass is 16.6. The van der Waals surface area contributed by atoms with Gasteiger partial charge in [0.05, 0.1) is 19.8 Å². The predicted octanol–water partition coefficient (Wildman–Crippen LogP) is 0.850. The fourth-order valence-electron chi connectivity index (χ4n) is 1.10. The van der Waals surface area contributed by atoms with Crippen LogP contribution in [0.4, 0.5) is 0 Å². The van der Waals surface area contributed by atoms with Crippen molar-refractivity contribution in [3.8, 4) is 0 Å². The van der Waals surface area contributed by atoms with Crippen LogP contribution in [0.15, 0.2) is 24.8 Å². The first-order chi connectivity index (χ1) is 9.63. The first kappa shape index (κ1) is 18.3. The van der Waals surface area contributed by atoms with Crippen molar-refractivity contribution in [1.82, 2.24) is 0 Å². The second-order valence-electron chi connectivity index (χ2n) is 3.95. The van der Waals surface area contributed by atoms with Crippen molar-refractivity contribution in [3.05, 3.63) is 24.8 Å². The number of rotatable bonds is 11. The number of hydrogen-bond acceptors (Lipinski definition) is 6. The number of esters is 2. The molecule has 6 nitrogen and oxygen atoms in total. The normalized spacial score (nSPS) is 12.1. The second kappa shape index (κ2) is 12.4. The molecule has 0 heterocycles.